The summed E-state index contributed by atoms with van der Waals surface area (Å²) in [6.07, 6.45) is -3.65. The summed E-state index contributed by atoms with van der Waals surface area (Å²) in [5.41, 5.74) is 0.306. The molecule has 4 rings (SSSR count). The second-order valence-electron chi connectivity index (χ2n) is 10.1. The van der Waals surface area contributed by atoms with Crippen LogP contribution in [0.15, 0.2) is 36.4 Å². The van der Waals surface area contributed by atoms with E-state index in [0.29, 0.717) is 64.6 Å². The van der Waals surface area contributed by atoms with Gasteiger partial charge >= 0.3 is 6.18 Å². The zero-order valence-electron chi connectivity index (χ0n) is 22.7. The van der Waals surface area contributed by atoms with Gasteiger partial charge in [-0.15, -0.1) is 0 Å². The van der Waals surface area contributed by atoms with Gasteiger partial charge in [-0.05, 0) is 37.6 Å². The van der Waals surface area contributed by atoms with Crippen molar-refractivity contribution in [1.29, 1.82) is 0 Å². The maximum atomic E-state index is 14.2. The monoisotopic (exact) mass is 563 g/mol. The third-order valence-electron chi connectivity index (χ3n) is 7.03. The first-order valence-corrected chi connectivity index (χ1v) is 14.7. The molecule has 1 fully saturated rings. The molecule has 0 bridgehead atoms. The molecule has 0 radical (unpaired) electrons. The highest BCUT2D eigenvalue weighted by Crippen LogP contribution is 2.49. The van der Waals surface area contributed by atoms with Crippen molar-refractivity contribution in [2.75, 3.05) is 58.5 Å². The van der Waals surface area contributed by atoms with Crippen LogP contribution in [0.4, 0.5) is 19.0 Å². The summed E-state index contributed by atoms with van der Waals surface area (Å²) in [5, 5.41) is 4.43. The predicted molar refractivity (Wildman–Crippen MR) is 146 cm³/mol. The molecule has 1 aliphatic heterocycles. The molecule has 1 amide bonds. The number of likely N-dealkylation sites (N-methyl/N-ethyl adjacent to an activating group) is 1. The Hall–Kier alpha value is -3.17. The van der Waals surface area contributed by atoms with Crippen molar-refractivity contribution in [1.82, 2.24) is 19.8 Å². The number of anilines is 1. The van der Waals surface area contributed by atoms with Crippen LogP contribution in [-0.4, -0.2) is 78.8 Å². The largest absolute Gasteiger partial charge is 0.496 e. The van der Waals surface area contributed by atoms with E-state index < -0.39 is 24.9 Å². The van der Waals surface area contributed by atoms with Gasteiger partial charge in [0.05, 0.1) is 30.0 Å². The van der Waals surface area contributed by atoms with E-state index in [2.05, 4.69) is 15.3 Å². The summed E-state index contributed by atoms with van der Waals surface area (Å²) in [6, 6.07) is 8.20. The normalized spacial score (nSPS) is 16.6. The van der Waals surface area contributed by atoms with Gasteiger partial charge in [0.25, 0.3) is 0 Å². The Morgan fingerprint density at radius 1 is 1.18 bits per heavy atom. The smallest absolute Gasteiger partial charge is 0.416 e. The van der Waals surface area contributed by atoms with Crippen molar-refractivity contribution in [2.24, 2.45) is 0 Å². The fourth-order valence-corrected chi connectivity index (χ4v) is 7.53. The standard InChI is InChI=1S/C27H33F3N5O3P/c1-17(19-7-6-8-20(13-19)27(28,29)30)31-26-21-14-24(23(38-5)15-22(21)32-18(2)33-26)39(37)11-9-35(10-12-39)16-25(36)34(3)4/h6-8,13-15,17H,9-12,16H2,1-5H3,(H,31,32,33)/t17-/m1/s1. The number of halogens is 3. The molecule has 8 nitrogen and oxygen atoms in total. The van der Waals surface area contributed by atoms with Crippen LogP contribution in [0.25, 0.3) is 10.9 Å². The minimum absolute atomic E-state index is 0.00635. The second kappa shape index (κ2) is 11.1. The van der Waals surface area contributed by atoms with Crippen molar-refractivity contribution in [3.05, 3.63) is 53.3 Å². The van der Waals surface area contributed by atoms with Crippen LogP contribution in [-0.2, 0) is 15.5 Å². The third-order valence-corrected chi connectivity index (χ3v) is 10.1. The zero-order chi connectivity index (χ0) is 28.5. The SMILES string of the molecule is COc1cc2nc(C)nc(N[C@H](C)c3cccc(C(F)(F)F)c3)c2cc1P1(=O)CCN(CC(=O)N(C)C)CC1. The van der Waals surface area contributed by atoms with E-state index in [1.165, 1.54) is 18.1 Å². The number of alkyl halides is 3. The number of aryl methyl sites for hydroxylation is 1. The summed E-state index contributed by atoms with van der Waals surface area (Å²) in [4.78, 5) is 24.7. The van der Waals surface area contributed by atoms with E-state index in [-0.39, 0.29) is 12.5 Å². The molecule has 0 saturated carbocycles. The van der Waals surface area contributed by atoms with Gasteiger partial charge in [-0.1, -0.05) is 12.1 Å². The predicted octanol–water partition coefficient (Wildman–Crippen LogP) is 4.53. The highest BCUT2D eigenvalue weighted by molar-refractivity contribution is 7.72. The number of carbonyl (C=O) groups is 1. The topological polar surface area (TPSA) is 87.7 Å². The Labute approximate surface area is 225 Å². The lowest BCUT2D eigenvalue weighted by atomic mass is 10.0. The summed E-state index contributed by atoms with van der Waals surface area (Å²) >= 11 is 0. The third kappa shape index (κ3) is 6.36. The number of amides is 1. The molecule has 1 N–H and O–H groups in total. The Kier molecular flexibility index (Phi) is 8.23. The number of nitrogens with one attached hydrogen (secondary N) is 1. The molecule has 12 heteroatoms. The van der Waals surface area contributed by atoms with E-state index in [4.69, 9.17) is 4.74 Å². The van der Waals surface area contributed by atoms with Crippen molar-refractivity contribution >= 4 is 35.1 Å². The van der Waals surface area contributed by atoms with E-state index in [9.17, 15) is 22.5 Å². The molecule has 0 aliphatic carbocycles. The summed E-state index contributed by atoms with van der Waals surface area (Å²) < 4.78 is 59.6. The lowest BCUT2D eigenvalue weighted by molar-refractivity contribution is -0.137. The molecule has 0 unspecified atom stereocenters. The first-order chi connectivity index (χ1) is 18.3. The second-order valence-corrected chi connectivity index (χ2v) is 13.2. The molecule has 3 aromatic rings. The number of fused-ring (bicyclic) bond motifs is 1. The van der Waals surface area contributed by atoms with Gasteiger partial charge in [-0.2, -0.15) is 13.2 Å². The highest BCUT2D eigenvalue weighted by Gasteiger charge is 2.35. The first kappa shape index (κ1) is 28.8. The van der Waals surface area contributed by atoms with Crippen LogP contribution in [0.2, 0.25) is 0 Å². The van der Waals surface area contributed by atoms with Gasteiger partial charge < -0.3 is 19.5 Å². The summed E-state index contributed by atoms with van der Waals surface area (Å²) in [6.45, 7) is 4.79. The summed E-state index contributed by atoms with van der Waals surface area (Å²) in [5.74, 6) is 1.38. The number of benzene rings is 2. The van der Waals surface area contributed by atoms with Crippen LogP contribution in [0, 0.1) is 6.92 Å². The van der Waals surface area contributed by atoms with Crippen LogP contribution >= 0.6 is 7.14 Å². The van der Waals surface area contributed by atoms with Crippen molar-refractivity contribution in [3.8, 4) is 5.75 Å². The maximum absolute atomic E-state index is 14.2. The number of ether oxygens (including phenoxy) is 1. The number of methoxy groups -OCH3 is 1. The number of rotatable bonds is 7. The van der Waals surface area contributed by atoms with E-state index in [1.807, 2.05) is 4.90 Å². The zero-order valence-corrected chi connectivity index (χ0v) is 23.6. The van der Waals surface area contributed by atoms with Crippen LogP contribution in [0.5, 0.6) is 5.75 Å². The van der Waals surface area contributed by atoms with Gasteiger partial charge in [-0.25, -0.2) is 9.97 Å². The van der Waals surface area contributed by atoms with E-state index >= 15 is 0 Å². The Morgan fingerprint density at radius 2 is 1.87 bits per heavy atom. The number of nitrogens with zero attached hydrogens (tertiary/aromatic N) is 4. The molecule has 1 aliphatic rings. The lowest BCUT2D eigenvalue weighted by Gasteiger charge is -2.33. The minimum atomic E-state index is -4.44. The van der Waals surface area contributed by atoms with Crippen LogP contribution < -0.4 is 15.4 Å². The number of carbonyl (C=O) groups excluding carboxylic acids is 1. The van der Waals surface area contributed by atoms with Gasteiger partial charge in [-0.3, -0.25) is 9.69 Å². The molecule has 0 spiro atoms. The molecule has 2 aromatic carbocycles. The molecule has 210 valence electrons. The van der Waals surface area contributed by atoms with Gasteiger partial charge in [0.1, 0.15) is 24.5 Å². The highest BCUT2D eigenvalue weighted by atomic mass is 31.2. The van der Waals surface area contributed by atoms with Crippen LogP contribution in [0.3, 0.4) is 0 Å². The van der Waals surface area contributed by atoms with Crippen molar-refractivity contribution < 1.29 is 27.3 Å². The van der Waals surface area contributed by atoms with E-state index in [0.717, 1.165) is 12.1 Å². The molecule has 2 heterocycles. The average molecular weight is 564 g/mol. The van der Waals surface area contributed by atoms with Gasteiger partial charge in [0, 0.05) is 57.0 Å². The number of aromatic nitrogens is 2. The average Bonchev–Trinajstić information content (AvgIpc) is 2.88. The Bertz CT molecular complexity index is 1420. The Balaban J connectivity index is 1.67. The first-order valence-electron chi connectivity index (χ1n) is 12.6. The quantitative estimate of drug-likeness (QED) is 0.423. The molecule has 39 heavy (non-hydrogen) atoms. The van der Waals surface area contributed by atoms with E-state index in [1.54, 1.807) is 46.1 Å². The minimum Gasteiger partial charge on any atom is -0.496 e. The molecular weight excluding hydrogens is 530 g/mol. The molecule has 1 saturated heterocycles. The van der Waals surface area contributed by atoms with Crippen molar-refractivity contribution in [3.63, 3.8) is 0 Å². The molecule has 1 atom stereocenters. The fraction of sp³-hybridized carbons (Fsp3) is 0.444. The number of hydrogen-bond acceptors (Lipinski definition) is 7. The Morgan fingerprint density at radius 3 is 2.49 bits per heavy atom. The lowest BCUT2D eigenvalue weighted by Crippen LogP contribution is -2.43. The van der Waals surface area contributed by atoms with Gasteiger partial charge in [0.2, 0.25) is 5.91 Å². The maximum Gasteiger partial charge on any atom is 0.416 e. The van der Waals surface area contributed by atoms with Crippen LogP contribution in [0.1, 0.15) is 29.9 Å². The van der Waals surface area contributed by atoms with Gasteiger partial charge in [0.15, 0.2) is 0 Å². The molecular formula is C27H33F3N5O3P. The van der Waals surface area contributed by atoms with Crippen molar-refractivity contribution in [2.45, 2.75) is 26.1 Å². The fourth-order valence-electron chi connectivity index (χ4n) is 4.69. The summed E-state index contributed by atoms with van der Waals surface area (Å²) in [7, 11) is 2.06. The number of hydrogen-bond donors (Lipinski definition) is 1. The molecule has 1 aromatic heterocycles.